The van der Waals surface area contributed by atoms with Crippen molar-refractivity contribution in [2.45, 2.75) is 39.0 Å². The molecule has 0 N–H and O–H groups in total. The highest BCUT2D eigenvalue weighted by Crippen LogP contribution is 2.08. The first-order valence-electron chi connectivity index (χ1n) is 6.26. The van der Waals surface area contributed by atoms with Crippen molar-refractivity contribution in [3.05, 3.63) is 30.1 Å². The lowest BCUT2D eigenvalue weighted by atomic mass is 10.1. The molecule has 0 spiro atoms. The van der Waals surface area contributed by atoms with Gasteiger partial charge in [-0.05, 0) is 30.9 Å². The molecule has 1 saturated heterocycles. The number of hydrogen-bond donors (Lipinski definition) is 0. The fourth-order valence-corrected chi connectivity index (χ4v) is 1.66. The number of hydrogen-bond acceptors (Lipinski definition) is 2. The molecule has 17 heavy (non-hydrogen) atoms. The average molecular weight is 234 g/mol. The average Bonchev–Trinajstić information content (AvgIpc) is 2.35. The van der Waals surface area contributed by atoms with Crippen molar-refractivity contribution in [3.8, 4) is 0 Å². The Hall–Kier alpha value is -1.38. The number of carbonyl (C=O) groups is 1. The van der Waals surface area contributed by atoms with E-state index in [0.29, 0.717) is 11.8 Å². The molecule has 3 heteroatoms. The minimum atomic E-state index is 0.302. The molecule has 0 unspecified atom stereocenters. The highest BCUT2D eigenvalue weighted by atomic mass is 16.2. The molecule has 0 saturated carbocycles. The molecule has 0 bridgehead atoms. The SMILES string of the molecule is CC(C)c1ccccn1.CN1CCCCC1=O. The monoisotopic (exact) mass is 234 g/mol. The van der Waals surface area contributed by atoms with E-state index in [0.717, 1.165) is 25.1 Å². The first-order chi connectivity index (χ1) is 8.11. The molecule has 0 aliphatic carbocycles. The van der Waals surface area contributed by atoms with E-state index in [1.165, 1.54) is 6.42 Å². The van der Waals surface area contributed by atoms with Crippen LogP contribution in [0.4, 0.5) is 0 Å². The van der Waals surface area contributed by atoms with E-state index < -0.39 is 0 Å². The van der Waals surface area contributed by atoms with Crippen molar-refractivity contribution in [3.63, 3.8) is 0 Å². The van der Waals surface area contributed by atoms with Gasteiger partial charge in [0.2, 0.25) is 5.91 Å². The molecular formula is C14H22N2O. The summed E-state index contributed by atoms with van der Waals surface area (Å²) >= 11 is 0. The van der Waals surface area contributed by atoms with Crippen LogP contribution in [-0.4, -0.2) is 29.4 Å². The van der Waals surface area contributed by atoms with Crippen LogP contribution in [-0.2, 0) is 4.79 Å². The van der Waals surface area contributed by atoms with Gasteiger partial charge in [0.1, 0.15) is 0 Å². The van der Waals surface area contributed by atoms with Gasteiger partial charge in [0.15, 0.2) is 0 Å². The molecule has 1 aromatic heterocycles. The summed E-state index contributed by atoms with van der Waals surface area (Å²) in [6.07, 6.45) is 4.86. The van der Waals surface area contributed by atoms with Gasteiger partial charge in [-0.3, -0.25) is 9.78 Å². The number of amides is 1. The molecule has 1 aliphatic rings. The summed E-state index contributed by atoms with van der Waals surface area (Å²) in [5.41, 5.74) is 1.16. The number of rotatable bonds is 1. The fraction of sp³-hybridized carbons (Fsp3) is 0.571. The van der Waals surface area contributed by atoms with Gasteiger partial charge in [-0.25, -0.2) is 0 Å². The summed E-state index contributed by atoms with van der Waals surface area (Å²) in [4.78, 5) is 16.7. The summed E-state index contributed by atoms with van der Waals surface area (Å²) in [6.45, 7) is 5.24. The Labute approximate surface area is 104 Å². The van der Waals surface area contributed by atoms with Crippen LogP contribution in [0.25, 0.3) is 0 Å². The molecule has 3 nitrogen and oxygen atoms in total. The maximum Gasteiger partial charge on any atom is 0.222 e. The van der Waals surface area contributed by atoms with Crippen LogP contribution in [0.1, 0.15) is 44.7 Å². The van der Waals surface area contributed by atoms with Crippen LogP contribution in [0.15, 0.2) is 24.4 Å². The summed E-state index contributed by atoms with van der Waals surface area (Å²) in [5.74, 6) is 0.849. The van der Waals surface area contributed by atoms with E-state index in [9.17, 15) is 4.79 Å². The van der Waals surface area contributed by atoms with Gasteiger partial charge in [-0.15, -0.1) is 0 Å². The third-order valence-electron chi connectivity index (χ3n) is 2.84. The van der Waals surface area contributed by atoms with Gasteiger partial charge >= 0.3 is 0 Å². The summed E-state index contributed by atoms with van der Waals surface area (Å²) < 4.78 is 0. The number of carbonyl (C=O) groups excluding carboxylic acids is 1. The Balaban J connectivity index is 0.000000171. The van der Waals surface area contributed by atoms with Crippen LogP contribution in [0, 0.1) is 0 Å². The van der Waals surface area contributed by atoms with Gasteiger partial charge in [0.05, 0.1) is 0 Å². The van der Waals surface area contributed by atoms with Crippen molar-refractivity contribution >= 4 is 5.91 Å². The van der Waals surface area contributed by atoms with Crippen molar-refractivity contribution in [2.24, 2.45) is 0 Å². The minimum absolute atomic E-state index is 0.302. The molecule has 1 aromatic rings. The van der Waals surface area contributed by atoms with Gasteiger partial charge in [0.25, 0.3) is 0 Å². The summed E-state index contributed by atoms with van der Waals surface area (Å²) in [5, 5.41) is 0. The van der Waals surface area contributed by atoms with Crippen molar-refractivity contribution in [1.29, 1.82) is 0 Å². The Bertz CT molecular complexity index is 335. The molecule has 1 fully saturated rings. The van der Waals surface area contributed by atoms with Crippen LogP contribution in [0.3, 0.4) is 0 Å². The van der Waals surface area contributed by atoms with Crippen LogP contribution >= 0.6 is 0 Å². The minimum Gasteiger partial charge on any atom is -0.346 e. The number of likely N-dealkylation sites (tertiary alicyclic amines) is 1. The van der Waals surface area contributed by atoms with Crippen LogP contribution < -0.4 is 0 Å². The van der Waals surface area contributed by atoms with Gasteiger partial charge < -0.3 is 4.90 Å². The molecular weight excluding hydrogens is 212 g/mol. The number of piperidine rings is 1. The third-order valence-corrected chi connectivity index (χ3v) is 2.84. The Kier molecular flexibility index (Phi) is 5.67. The number of pyridine rings is 1. The highest BCUT2D eigenvalue weighted by Gasteiger charge is 2.12. The van der Waals surface area contributed by atoms with E-state index in [1.54, 1.807) is 4.90 Å². The smallest absolute Gasteiger partial charge is 0.222 e. The van der Waals surface area contributed by atoms with Gasteiger partial charge in [0, 0.05) is 31.9 Å². The van der Waals surface area contributed by atoms with Gasteiger partial charge in [-0.1, -0.05) is 19.9 Å². The lowest BCUT2D eigenvalue weighted by Gasteiger charge is -2.21. The summed E-state index contributed by atoms with van der Waals surface area (Å²) in [6, 6.07) is 6.00. The largest absolute Gasteiger partial charge is 0.346 e. The van der Waals surface area contributed by atoms with Crippen molar-refractivity contribution < 1.29 is 4.79 Å². The van der Waals surface area contributed by atoms with Crippen LogP contribution in [0.5, 0.6) is 0 Å². The Morgan fingerprint density at radius 2 is 2.06 bits per heavy atom. The molecule has 2 heterocycles. The normalized spacial score (nSPS) is 15.5. The van der Waals surface area contributed by atoms with Gasteiger partial charge in [-0.2, -0.15) is 0 Å². The fourth-order valence-electron chi connectivity index (χ4n) is 1.66. The van der Waals surface area contributed by atoms with E-state index in [2.05, 4.69) is 18.8 Å². The predicted octanol–water partition coefficient (Wildman–Crippen LogP) is 2.83. The van der Waals surface area contributed by atoms with Crippen LogP contribution in [0.2, 0.25) is 0 Å². The molecule has 1 aliphatic heterocycles. The second-order valence-corrected chi connectivity index (χ2v) is 4.68. The first kappa shape index (κ1) is 13.7. The van der Waals surface area contributed by atoms with E-state index in [4.69, 9.17) is 0 Å². The topological polar surface area (TPSA) is 33.2 Å². The zero-order chi connectivity index (χ0) is 12.7. The standard InChI is InChI=1S/C8H11N.C6H11NO/c1-7(2)8-5-3-4-6-9-8;1-7-5-3-2-4-6(7)8/h3-7H,1-2H3;2-5H2,1H3. The quantitative estimate of drug-likeness (QED) is 0.748. The third kappa shape index (κ3) is 4.98. The Morgan fingerprint density at radius 1 is 1.29 bits per heavy atom. The van der Waals surface area contributed by atoms with E-state index >= 15 is 0 Å². The molecule has 2 rings (SSSR count). The maximum atomic E-state index is 10.7. The second kappa shape index (κ2) is 7.05. The van der Waals surface area contributed by atoms with E-state index in [1.807, 2.05) is 31.4 Å². The lowest BCUT2D eigenvalue weighted by Crippen LogP contribution is -2.31. The van der Waals surface area contributed by atoms with Crippen molar-refractivity contribution in [2.75, 3.05) is 13.6 Å². The molecule has 1 amide bonds. The van der Waals surface area contributed by atoms with E-state index in [-0.39, 0.29) is 0 Å². The molecule has 0 aromatic carbocycles. The van der Waals surface area contributed by atoms with Crippen molar-refractivity contribution in [1.82, 2.24) is 9.88 Å². The predicted molar refractivity (Wildman–Crippen MR) is 69.8 cm³/mol. The summed E-state index contributed by atoms with van der Waals surface area (Å²) in [7, 11) is 1.86. The highest BCUT2D eigenvalue weighted by molar-refractivity contribution is 5.76. The maximum absolute atomic E-state index is 10.7. The molecule has 94 valence electrons. The molecule has 0 atom stereocenters. The number of aromatic nitrogens is 1. The Morgan fingerprint density at radius 3 is 2.41 bits per heavy atom. The zero-order valence-corrected chi connectivity index (χ0v) is 11.0. The zero-order valence-electron chi connectivity index (χ0n) is 11.0. The number of nitrogens with zero attached hydrogens (tertiary/aromatic N) is 2. The lowest BCUT2D eigenvalue weighted by molar-refractivity contribution is -0.131. The molecule has 0 radical (unpaired) electrons. The second-order valence-electron chi connectivity index (χ2n) is 4.68. The first-order valence-corrected chi connectivity index (χ1v) is 6.26.